The summed E-state index contributed by atoms with van der Waals surface area (Å²) in [5, 5.41) is 14.0. The van der Waals surface area contributed by atoms with Gasteiger partial charge in [0.1, 0.15) is 5.82 Å². The molecule has 4 nitrogen and oxygen atoms in total. The van der Waals surface area contributed by atoms with E-state index in [2.05, 4.69) is 20.7 Å². The summed E-state index contributed by atoms with van der Waals surface area (Å²) in [6, 6.07) is 3.83. The molecule has 1 aromatic heterocycles. The quantitative estimate of drug-likeness (QED) is 0.822. The monoisotopic (exact) mass is 222 g/mol. The molecule has 0 aliphatic carbocycles. The first-order valence-corrected chi connectivity index (χ1v) is 4.94. The van der Waals surface area contributed by atoms with Gasteiger partial charge in [0.15, 0.2) is 0 Å². The minimum absolute atomic E-state index is 0.748. The summed E-state index contributed by atoms with van der Waals surface area (Å²) in [5.41, 5.74) is 3.22. The maximum Gasteiger partial charge on any atom is 0.146 e. The number of rotatable bonds is 2. The highest BCUT2D eigenvalue weighted by molar-refractivity contribution is 6.30. The van der Waals surface area contributed by atoms with Crippen LogP contribution in [-0.2, 0) is 0 Å². The second kappa shape index (κ2) is 3.90. The predicted octanol–water partition coefficient (Wildman–Crippen LogP) is 2.82. The SMILES string of the molecule is Cc1cc(Cl)cc(C)c1Nc1cnn[nH]1. The summed E-state index contributed by atoms with van der Waals surface area (Å²) in [6.45, 7) is 4.01. The van der Waals surface area contributed by atoms with Crippen LogP contribution in [0.2, 0.25) is 5.02 Å². The molecule has 1 aromatic carbocycles. The third-order valence-electron chi connectivity index (χ3n) is 2.17. The van der Waals surface area contributed by atoms with E-state index in [1.165, 1.54) is 0 Å². The van der Waals surface area contributed by atoms with E-state index in [-0.39, 0.29) is 0 Å². The summed E-state index contributed by atoms with van der Waals surface area (Å²) >= 11 is 5.94. The number of nitrogens with zero attached hydrogens (tertiary/aromatic N) is 2. The molecule has 0 radical (unpaired) electrons. The van der Waals surface area contributed by atoms with Gasteiger partial charge in [-0.2, -0.15) is 0 Å². The Balaban J connectivity index is 2.36. The summed E-state index contributed by atoms with van der Waals surface area (Å²) in [5.74, 6) is 0.767. The topological polar surface area (TPSA) is 53.6 Å². The van der Waals surface area contributed by atoms with Gasteiger partial charge in [-0.3, -0.25) is 0 Å². The van der Waals surface area contributed by atoms with E-state index < -0.39 is 0 Å². The van der Waals surface area contributed by atoms with Crippen LogP contribution < -0.4 is 5.32 Å². The van der Waals surface area contributed by atoms with E-state index in [1.54, 1.807) is 6.20 Å². The Morgan fingerprint density at radius 3 is 2.47 bits per heavy atom. The number of hydrogen-bond acceptors (Lipinski definition) is 3. The highest BCUT2D eigenvalue weighted by Crippen LogP contribution is 2.26. The molecule has 5 heteroatoms. The number of aromatic amines is 1. The van der Waals surface area contributed by atoms with Gasteiger partial charge in [0.2, 0.25) is 0 Å². The molecule has 0 amide bonds. The number of nitrogens with one attached hydrogen (secondary N) is 2. The van der Waals surface area contributed by atoms with Crippen molar-refractivity contribution >= 4 is 23.1 Å². The van der Waals surface area contributed by atoms with E-state index in [0.717, 1.165) is 27.7 Å². The highest BCUT2D eigenvalue weighted by Gasteiger charge is 2.05. The van der Waals surface area contributed by atoms with E-state index in [9.17, 15) is 0 Å². The molecular formula is C10H11ClN4. The van der Waals surface area contributed by atoms with E-state index in [0.29, 0.717) is 0 Å². The van der Waals surface area contributed by atoms with Gasteiger partial charge in [0, 0.05) is 10.7 Å². The van der Waals surface area contributed by atoms with E-state index in [4.69, 9.17) is 11.6 Å². The number of benzene rings is 1. The average molecular weight is 223 g/mol. The number of anilines is 2. The molecule has 0 aliphatic heterocycles. The fraction of sp³-hybridized carbons (Fsp3) is 0.200. The largest absolute Gasteiger partial charge is 0.339 e. The molecule has 2 aromatic rings. The normalized spacial score (nSPS) is 10.3. The smallest absolute Gasteiger partial charge is 0.146 e. The zero-order valence-corrected chi connectivity index (χ0v) is 9.26. The van der Waals surface area contributed by atoms with Crippen molar-refractivity contribution in [3.05, 3.63) is 34.5 Å². The van der Waals surface area contributed by atoms with Gasteiger partial charge < -0.3 is 5.32 Å². The number of aryl methyl sites for hydroxylation is 2. The van der Waals surface area contributed by atoms with Gasteiger partial charge in [-0.15, -0.1) is 5.10 Å². The molecule has 2 rings (SSSR count). The standard InChI is InChI=1S/C10H11ClN4/c1-6-3-8(11)4-7(2)10(6)13-9-5-12-15-14-9/h3-5H,1-2H3,(H2,12,13,14,15). The predicted molar refractivity (Wildman–Crippen MR) is 60.6 cm³/mol. The van der Waals surface area contributed by atoms with Gasteiger partial charge in [0.05, 0.1) is 6.20 Å². The first kappa shape index (κ1) is 9.98. The minimum Gasteiger partial charge on any atom is -0.339 e. The molecule has 0 spiro atoms. The molecule has 1 heterocycles. The molecule has 15 heavy (non-hydrogen) atoms. The third-order valence-corrected chi connectivity index (χ3v) is 2.39. The van der Waals surface area contributed by atoms with Crippen LogP contribution in [0.5, 0.6) is 0 Å². The zero-order chi connectivity index (χ0) is 10.8. The van der Waals surface area contributed by atoms with Gasteiger partial charge >= 0.3 is 0 Å². The zero-order valence-electron chi connectivity index (χ0n) is 8.50. The third kappa shape index (κ3) is 2.10. The van der Waals surface area contributed by atoms with Crippen LogP contribution in [0.4, 0.5) is 11.5 Å². The lowest BCUT2D eigenvalue weighted by molar-refractivity contribution is 0.942. The van der Waals surface area contributed by atoms with Crippen molar-refractivity contribution in [3.8, 4) is 0 Å². The molecule has 0 aliphatic rings. The van der Waals surface area contributed by atoms with Crippen LogP contribution in [0, 0.1) is 13.8 Å². The maximum absolute atomic E-state index is 5.94. The molecule has 0 atom stereocenters. The van der Waals surface area contributed by atoms with Crippen molar-refractivity contribution in [2.45, 2.75) is 13.8 Å². The Morgan fingerprint density at radius 1 is 1.27 bits per heavy atom. The van der Waals surface area contributed by atoms with Gasteiger partial charge in [0.25, 0.3) is 0 Å². The Hall–Kier alpha value is -1.55. The summed E-state index contributed by atoms with van der Waals surface area (Å²) in [6.07, 6.45) is 1.63. The Kier molecular flexibility index (Phi) is 2.60. The van der Waals surface area contributed by atoms with Crippen molar-refractivity contribution in [1.29, 1.82) is 0 Å². The fourth-order valence-corrected chi connectivity index (χ4v) is 1.83. The summed E-state index contributed by atoms with van der Waals surface area (Å²) < 4.78 is 0. The van der Waals surface area contributed by atoms with Crippen LogP contribution in [0.15, 0.2) is 18.3 Å². The molecule has 0 fully saturated rings. The average Bonchev–Trinajstić information content (AvgIpc) is 2.63. The van der Waals surface area contributed by atoms with Gasteiger partial charge in [-0.05, 0) is 37.1 Å². The van der Waals surface area contributed by atoms with E-state index in [1.807, 2.05) is 26.0 Å². The van der Waals surface area contributed by atoms with E-state index >= 15 is 0 Å². The minimum atomic E-state index is 0.748. The molecule has 78 valence electrons. The lowest BCUT2D eigenvalue weighted by Crippen LogP contribution is -1.96. The lowest BCUT2D eigenvalue weighted by atomic mass is 10.1. The second-order valence-corrected chi connectivity index (χ2v) is 3.85. The summed E-state index contributed by atoms with van der Waals surface area (Å²) in [7, 11) is 0. The second-order valence-electron chi connectivity index (χ2n) is 3.41. The molecule has 0 bridgehead atoms. The highest BCUT2D eigenvalue weighted by atomic mass is 35.5. The van der Waals surface area contributed by atoms with Gasteiger partial charge in [-0.1, -0.05) is 16.8 Å². The van der Waals surface area contributed by atoms with Crippen LogP contribution in [0.3, 0.4) is 0 Å². The maximum atomic E-state index is 5.94. The fourth-order valence-electron chi connectivity index (χ4n) is 1.50. The van der Waals surface area contributed by atoms with Gasteiger partial charge in [-0.25, -0.2) is 5.10 Å². The first-order chi connectivity index (χ1) is 7.16. The lowest BCUT2D eigenvalue weighted by Gasteiger charge is -2.11. The van der Waals surface area contributed by atoms with Crippen molar-refractivity contribution in [2.24, 2.45) is 0 Å². The molecule has 0 saturated carbocycles. The van der Waals surface area contributed by atoms with Crippen molar-refractivity contribution < 1.29 is 0 Å². The molecule has 0 saturated heterocycles. The first-order valence-electron chi connectivity index (χ1n) is 4.56. The molecule has 0 unspecified atom stereocenters. The van der Waals surface area contributed by atoms with Crippen LogP contribution in [-0.4, -0.2) is 15.4 Å². The Bertz CT molecular complexity index is 441. The Morgan fingerprint density at radius 2 is 1.93 bits per heavy atom. The summed E-state index contributed by atoms with van der Waals surface area (Å²) in [4.78, 5) is 0. The van der Waals surface area contributed by atoms with Crippen LogP contribution >= 0.6 is 11.6 Å². The molecular weight excluding hydrogens is 212 g/mol. The Labute approximate surface area is 92.7 Å². The number of aromatic nitrogens is 3. The number of H-pyrrole nitrogens is 1. The number of halogens is 1. The van der Waals surface area contributed by atoms with Crippen LogP contribution in [0.25, 0.3) is 0 Å². The van der Waals surface area contributed by atoms with Crippen LogP contribution in [0.1, 0.15) is 11.1 Å². The molecule has 2 N–H and O–H groups in total. The van der Waals surface area contributed by atoms with Crippen molar-refractivity contribution in [3.63, 3.8) is 0 Å². The van der Waals surface area contributed by atoms with Crippen molar-refractivity contribution in [2.75, 3.05) is 5.32 Å². The van der Waals surface area contributed by atoms with Crippen molar-refractivity contribution in [1.82, 2.24) is 15.4 Å². The number of hydrogen-bond donors (Lipinski definition) is 2.